The van der Waals surface area contributed by atoms with Crippen molar-refractivity contribution in [1.82, 2.24) is 9.88 Å². The molecule has 0 aliphatic carbocycles. The van der Waals surface area contributed by atoms with Crippen molar-refractivity contribution in [3.8, 4) is 0 Å². The molecule has 0 bridgehead atoms. The van der Waals surface area contributed by atoms with Crippen LogP contribution in [0.25, 0.3) is 0 Å². The highest BCUT2D eigenvalue weighted by Gasteiger charge is 2.22. The van der Waals surface area contributed by atoms with Crippen LogP contribution in [0.1, 0.15) is 17.6 Å². The molecule has 0 aromatic carbocycles. The molecule has 1 saturated heterocycles. The molecule has 1 fully saturated rings. The van der Waals surface area contributed by atoms with Gasteiger partial charge in [0.2, 0.25) is 0 Å². The SMILES string of the molecule is Cc1nc(CC(=O)OCC(=O)N2CCOC(C)C2)cs1. The lowest BCUT2D eigenvalue weighted by atomic mass is 10.3. The minimum atomic E-state index is -0.426. The normalized spacial score (nSPS) is 18.9. The van der Waals surface area contributed by atoms with Gasteiger partial charge in [0.25, 0.3) is 5.91 Å². The van der Waals surface area contributed by atoms with E-state index in [1.807, 2.05) is 19.2 Å². The third kappa shape index (κ3) is 4.28. The average molecular weight is 298 g/mol. The van der Waals surface area contributed by atoms with Crippen molar-refractivity contribution < 1.29 is 19.1 Å². The van der Waals surface area contributed by atoms with Gasteiger partial charge in [0.15, 0.2) is 6.61 Å². The number of morpholine rings is 1. The number of esters is 1. The van der Waals surface area contributed by atoms with Gasteiger partial charge in [0, 0.05) is 18.5 Å². The summed E-state index contributed by atoms with van der Waals surface area (Å²) in [5.41, 5.74) is 0.685. The Morgan fingerprint density at radius 1 is 1.60 bits per heavy atom. The first-order valence-electron chi connectivity index (χ1n) is 6.50. The molecule has 1 aromatic heterocycles. The van der Waals surface area contributed by atoms with Crippen LogP contribution in [0.4, 0.5) is 0 Å². The van der Waals surface area contributed by atoms with Crippen LogP contribution in [-0.4, -0.2) is 54.2 Å². The molecule has 2 rings (SSSR count). The molecule has 0 spiro atoms. The number of aromatic nitrogens is 1. The molecule has 7 heteroatoms. The first-order chi connectivity index (χ1) is 9.54. The van der Waals surface area contributed by atoms with Gasteiger partial charge in [-0.1, -0.05) is 0 Å². The van der Waals surface area contributed by atoms with Crippen molar-refractivity contribution >= 4 is 23.2 Å². The van der Waals surface area contributed by atoms with Crippen molar-refractivity contribution in [2.24, 2.45) is 0 Å². The summed E-state index contributed by atoms with van der Waals surface area (Å²) in [5.74, 6) is -0.604. The highest BCUT2D eigenvalue weighted by Crippen LogP contribution is 2.09. The summed E-state index contributed by atoms with van der Waals surface area (Å²) in [7, 11) is 0. The second-order valence-corrected chi connectivity index (χ2v) is 5.78. The third-order valence-electron chi connectivity index (χ3n) is 2.94. The summed E-state index contributed by atoms with van der Waals surface area (Å²) < 4.78 is 10.4. The largest absolute Gasteiger partial charge is 0.455 e. The summed E-state index contributed by atoms with van der Waals surface area (Å²) in [6.45, 7) is 5.19. The predicted octanol–water partition coefficient (Wildman–Crippen LogP) is 0.785. The van der Waals surface area contributed by atoms with Crippen molar-refractivity contribution in [1.29, 1.82) is 0 Å². The van der Waals surface area contributed by atoms with Gasteiger partial charge in [-0.2, -0.15) is 0 Å². The predicted molar refractivity (Wildman–Crippen MR) is 73.5 cm³/mol. The Morgan fingerprint density at radius 2 is 2.40 bits per heavy atom. The summed E-state index contributed by atoms with van der Waals surface area (Å²) in [6, 6.07) is 0. The Kier molecular flexibility index (Phi) is 5.08. The van der Waals surface area contributed by atoms with Gasteiger partial charge >= 0.3 is 5.97 Å². The lowest BCUT2D eigenvalue weighted by molar-refractivity contribution is -0.154. The van der Waals surface area contributed by atoms with Crippen LogP contribution >= 0.6 is 11.3 Å². The fourth-order valence-electron chi connectivity index (χ4n) is 1.97. The van der Waals surface area contributed by atoms with Gasteiger partial charge in [-0.25, -0.2) is 4.98 Å². The number of ether oxygens (including phenoxy) is 2. The van der Waals surface area contributed by atoms with E-state index in [-0.39, 0.29) is 25.0 Å². The lowest BCUT2D eigenvalue weighted by Gasteiger charge is -2.30. The maximum absolute atomic E-state index is 11.9. The quantitative estimate of drug-likeness (QED) is 0.769. The van der Waals surface area contributed by atoms with Gasteiger partial charge in [-0.15, -0.1) is 11.3 Å². The van der Waals surface area contributed by atoms with Crippen molar-refractivity contribution in [3.05, 3.63) is 16.1 Å². The molecule has 1 amide bonds. The molecule has 6 nitrogen and oxygen atoms in total. The van der Waals surface area contributed by atoms with Gasteiger partial charge < -0.3 is 14.4 Å². The number of rotatable bonds is 4. The van der Waals surface area contributed by atoms with Crippen molar-refractivity contribution in [2.75, 3.05) is 26.3 Å². The van der Waals surface area contributed by atoms with Gasteiger partial charge in [0.05, 0.1) is 29.8 Å². The van der Waals surface area contributed by atoms with Crippen LogP contribution in [0.3, 0.4) is 0 Å². The highest BCUT2D eigenvalue weighted by atomic mass is 32.1. The molecule has 0 N–H and O–H groups in total. The van der Waals surface area contributed by atoms with Crippen molar-refractivity contribution in [3.63, 3.8) is 0 Å². The summed E-state index contributed by atoms with van der Waals surface area (Å²) in [6.07, 6.45) is 0.137. The molecular formula is C13H18N2O4S. The lowest BCUT2D eigenvalue weighted by Crippen LogP contribution is -2.46. The third-order valence-corrected chi connectivity index (χ3v) is 3.76. The van der Waals surface area contributed by atoms with Gasteiger partial charge in [-0.3, -0.25) is 9.59 Å². The smallest absolute Gasteiger partial charge is 0.312 e. The van der Waals surface area contributed by atoms with Gasteiger partial charge in [-0.05, 0) is 13.8 Å². The number of thiazole rings is 1. The fourth-order valence-corrected chi connectivity index (χ4v) is 2.58. The van der Waals surface area contributed by atoms with Gasteiger partial charge in [0.1, 0.15) is 0 Å². The Bertz CT molecular complexity index is 488. The maximum Gasteiger partial charge on any atom is 0.312 e. The van der Waals surface area contributed by atoms with E-state index in [0.29, 0.717) is 25.4 Å². The highest BCUT2D eigenvalue weighted by molar-refractivity contribution is 7.09. The van der Waals surface area contributed by atoms with Crippen LogP contribution in [-0.2, 0) is 25.5 Å². The summed E-state index contributed by atoms with van der Waals surface area (Å²) >= 11 is 1.49. The van der Waals surface area contributed by atoms with E-state index in [1.54, 1.807) is 4.90 Å². The van der Waals surface area contributed by atoms with E-state index in [9.17, 15) is 9.59 Å². The first kappa shape index (κ1) is 14.9. The number of carbonyl (C=O) groups is 2. The Balaban J connectivity index is 1.74. The van der Waals surface area contributed by atoms with E-state index in [2.05, 4.69) is 4.98 Å². The summed E-state index contributed by atoms with van der Waals surface area (Å²) in [5, 5.41) is 2.73. The number of amides is 1. The number of aryl methyl sites for hydroxylation is 1. The number of carbonyl (C=O) groups excluding carboxylic acids is 2. The van der Waals surface area contributed by atoms with Crippen LogP contribution in [0.5, 0.6) is 0 Å². The van der Waals surface area contributed by atoms with E-state index < -0.39 is 5.97 Å². The van der Waals surface area contributed by atoms with E-state index in [0.717, 1.165) is 5.01 Å². The monoisotopic (exact) mass is 298 g/mol. The second-order valence-electron chi connectivity index (χ2n) is 4.72. The maximum atomic E-state index is 11.9. The molecule has 110 valence electrons. The Hall–Kier alpha value is -1.47. The molecule has 1 atom stereocenters. The standard InChI is InChI=1S/C13H18N2O4S/c1-9-6-15(3-4-18-9)12(16)7-19-13(17)5-11-8-20-10(2)14-11/h8-9H,3-7H2,1-2H3. The molecule has 1 aliphatic heterocycles. The second kappa shape index (κ2) is 6.81. The van der Waals surface area contributed by atoms with E-state index in [4.69, 9.17) is 9.47 Å². The number of hydrogen-bond donors (Lipinski definition) is 0. The zero-order valence-electron chi connectivity index (χ0n) is 11.6. The summed E-state index contributed by atoms with van der Waals surface area (Å²) in [4.78, 5) is 29.3. The minimum Gasteiger partial charge on any atom is -0.455 e. The van der Waals surface area contributed by atoms with Crippen LogP contribution in [0.15, 0.2) is 5.38 Å². The fraction of sp³-hybridized carbons (Fsp3) is 0.615. The van der Waals surface area contributed by atoms with Crippen molar-refractivity contribution in [2.45, 2.75) is 26.4 Å². The Morgan fingerprint density at radius 3 is 3.05 bits per heavy atom. The number of hydrogen-bond acceptors (Lipinski definition) is 6. The van der Waals surface area contributed by atoms with Crippen LogP contribution in [0.2, 0.25) is 0 Å². The molecule has 1 aliphatic rings. The van der Waals surface area contributed by atoms with Crippen LogP contribution in [0, 0.1) is 6.92 Å². The molecule has 1 aromatic rings. The average Bonchev–Trinajstić information content (AvgIpc) is 2.81. The molecule has 2 heterocycles. The molecule has 20 heavy (non-hydrogen) atoms. The topological polar surface area (TPSA) is 68.7 Å². The molecular weight excluding hydrogens is 280 g/mol. The molecule has 0 saturated carbocycles. The molecule has 0 radical (unpaired) electrons. The molecule has 1 unspecified atom stereocenters. The zero-order valence-corrected chi connectivity index (χ0v) is 12.4. The minimum absolute atomic E-state index is 0.0291. The van der Waals surface area contributed by atoms with Crippen LogP contribution < -0.4 is 0 Å². The van der Waals surface area contributed by atoms with E-state index in [1.165, 1.54) is 11.3 Å². The van der Waals surface area contributed by atoms with E-state index >= 15 is 0 Å². The Labute approximate surface area is 121 Å². The number of nitrogens with zero attached hydrogens (tertiary/aromatic N) is 2. The first-order valence-corrected chi connectivity index (χ1v) is 7.38. The zero-order chi connectivity index (χ0) is 14.5.